The Hall–Kier alpha value is -5.26. The number of halogens is 1. The molecule has 0 aliphatic heterocycles. The monoisotopic (exact) mass is 652 g/mol. The predicted octanol–water partition coefficient (Wildman–Crippen LogP) is 7.49. The molecule has 8 nitrogen and oxygen atoms in total. The van der Waals surface area contributed by atoms with E-state index < -0.39 is 17.1 Å². The van der Waals surface area contributed by atoms with Crippen molar-refractivity contribution in [3.63, 3.8) is 0 Å². The van der Waals surface area contributed by atoms with E-state index in [-0.39, 0.29) is 17.4 Å². The minimum Gasteiger partial charge on any atom is -0.497 e. The molecule has 5 rings (SSSR count). The fourth-order valence-electron chi connectivity index (χ4n) is 4.17. The lowest BCUT2D eigenvalue weighted by molar-refractivity contribution is -0.115. The molecule has 4 aromatic carbocycles. The number of thioether (sulfide) groups is 1. The third-order valence-corrected chi connectivity index (χ3v) is 8.49. The summed E-state index contributed by atoms with van der Waals surface area (Å²) in [5.74, 6) is -0.798. The number of methoxy groups -OCH3 is 1. The van der Waals surface area contributed by atoms with Gasteiger partial charge in [-0.2, -0.15) is 0 Å². The summed E-state index contributed by atoms with van der Waals surface area (Å²) in [5, 5.41) is 10.2. The standard InChI is InChI=1S/C35H29FN4O4S2/c1-22(32(41)40-35-39-31(21-45-35)24-10-12-26(36)13-11-24)46-29-18-14-27(15-19-29)37-34(43)30(20-23-8-16-28(44-2)17-9-23)38-33(42)25-6-4-3-5-7-25/h3-22H,1-2H3,(H,37,43)(H,38,42)(H,39,40,41)/b30-20-. The maximum atomic E-state index is 13.3. The Morgan fingerprint density at radius 2 is 1.59 bits per heavy atom. The van der Waals surface area contributed by atoms with Crippen LogP contribution in [0, 0.1) is 5.82 Å². The van der Waals surface area contributed by atoms with Crippen LogP contribution in [0.5, 0.6) is 5.75 Å². The van der Waals surface area contributed by atoms with Gasteiger partial charge in [-0.25, -0.2) is 9.37 Å². The van der Waals surface area contributed by atoms with Gasteiger partial charge in [0.15, 0.2) is 5.13 Å². The molecule has 0 bridgehead atoms. The molecular weight excluding hydrogens is 624 g/mol. The highest BCUT2D eigenvalue weighted by molar-refractivity contribution is 8.00. The molecule has 5 aromatic rings. The molecule has 1 atom stereocenters. The van der Waals surface area contributed by atoms with Gasteiger partial charge in [0.1, 0.15) is 17.3 Å². The highest BCUT2D eigenvalue weighted by Gasteiger charge is 2.18. The van der Waals surface area contributed by atoms with Crippen LogP contribution in [0.3, 0.4) is 0 Å². The number of nitrogens with zero attached hydrogens (tertiary/aromatic N) is 1. The Morgan fingerprint density at radius 3 is 2.26 bits per heavy atom. The molecule has 1 unspecified atom stereocenters. The van der Waals surface area contributed by atoms with Gasteiger partial charge in [0, 0.05) is 27.1 Å². The van der Waals surface area contributed by atoms with E-state index in [1.165, 1.54) is 35.2 Å². The zero-order valence-corrected chi connectivity index (χ0v) is 26.5. The summed E-state index contributed by atoms with van der Waals surface area (Å²) in [4.78, 5) is 44.3. The van der Waals surface area contributed by atoms with Gasteiger partial charge in [-0.15, -0.1) is 23.1 Å². The Kier molecular flexibility index (Phi) is 10.6. The molecule has 232 valence electrons. The number of ether oxygens (including phenoxy) is 1. The average Bonchev–Trinajstić information content (AvgIpc) is 3.54. The second kappa shape index (κ2) is 15.2. The molecule has 0 radical (unpaired) electrons. The molecule has 0 saturated carbocycles. The third kappa shape index (κ3) is 8.68. The van der Waals surface area contributed by atoms with Crippen molar-refractivity contribution in [1.29, 1.82) is 0 Å². The number of carbonyl (C=O) groups excluding carboxylic acids is 3. The molecular formula is C35H29FN4O4S2. The van der Waals surface area contributed by atoms with Crippen molar-refractivity contribution in [1.82, 2.24) is 10.3 Å². The summed E-state index contributed by atoms with van der Waals surface area (Å²) in [6, 6.07) is 28.8. The van der Waals surface area contributed by atoms with Gasteiger partial charge < -0.3 is 20.7 Å². The van der Waals surface area contributed by atoms with Crippen molar-refractivity contribution in [2.75, 3.05) is 17.7 Å². The Morgan fingerprint density at radius 1 is 0.891 bits per heavy atom. The lowest BCUT2D eigenvalue weighted by atomic mass is 10.1. The first-order valence-electron chi connectivity index (χ1n) is 14.1. The number of nitrogens with one attached hydrogen (secondary N) is 3. The molecule has 0 aliphatic carbocycles. The maximum Gasteiger partial charge on any atom is 0.272 e. The van der Waals surface area contributed by atoms with Crippen molar-refractivity contribution >= 4 is 57.7 Å². The van der Waals surface area contributed by atoms with Gasteiger partial charge in [-0.3, -0.25) is 14.4 Å². The van der Waals surface area contributed by atoms with E-state index in [1.54, 1.807) is 116 Å². The number of hydrogen-bond donors (Lipinski definition) is 3. The second-order valence-corrected chi connectivity index (χ2v) is 12.2. The van der Waals surface area contributed by atoms with E-state index in [2.05, 4.69) is 20.9 Å². The molecule has 3 amide bonds. The lowest BCUT2D eigenvalue weighted by Gasteiger charge is -2.13. The highest BCUT2D eigenvalue weighted by Crippen LogP contribution is 2.28. The fraction of sp³-hybridized carbons (Fsp3) is 0.0857. The number of benzene rings is 4. The Bertz CT molecular complexity index is 1840. The predicted molar refractivity (Wildman–Crippen MR) is 181 cm³/mol. The van der Waals surface area contributed by atoms with E-state index in [1.807, 2.05) is 0 Å². The minimum absolute atomic E-state index is 0.0625. The molecule has 46 heavy (non-hydrogen) atoms. The summed E-state index contributed by atoms with van der Waals surface area (Å²) in [5.41, 5.74) is 3.10. The second-order valence-electron chi connectivity index (χ2n) is 9.92. The zero-order chi connectivity index (χ0) is 32.5. The highest BCUT2D eigenvalue weighted by atomic mass is 32.2. The fourth-order valence-corrected chi connectivity index (χ4v) is 5.76. The lowest BCUT2D eigenvalue weighted by Crippen LogP contribution is -2.30. The zero-order valence-electron chi connectivity index (χ0n) is 24.8. The quantitative estimate of drug-likeness (QED) is 0.101. The molecule has 1 heterocycles. The molecule has 3 N–H and O–H groups in total. The van der Waals surface area contributed by atoms with Crippen LogP contribution >= 0.6 is 23.1 Å². The van der Waals surface area contributed by atoms with Gasteiger partial charge in [0.25, 0.3) is 11.8 Å². The van der Waals surface area contributed by atoms with Crippen molar-refractivity contribution in [2.45, 2.75) is 17.1 Å². The number of anilines is 2. The Labute approximate surface area is 273 Å². The SMILES string of the molecule is COc1ccc(/C=C(\NC(=O)c2ccccc2)C(=O)Nc2ccc(SC(C)C(=O)Nc3nc(-c4ccc(F)cc4)cs3)cc2)cc1. The summed E-state index contributed by atoms with van der Waals surface area (Å²) in [7, 11) is 1.57. The van der Waals surface area contributed by atoms with Crippen LogP contribution in [0.2, 0.25) is 0 Å². The number of amides is 3. The van der Waals surface area contributed by atoms with Gasteiger partial charge in [-0.05, 0) is 91.4 Å². The number of rotatable bonds is 11. The summed E-state index contributed by atoms with van der Waals surface area (Å²) < 4.78 is 18.4. The molecule has 0 aliphatic rings. The Balaban J connectivity index is 1.21. The van der Waals surface area contributed by atoms with Crippen LogP contribution in [0.15, 0.2) is 119 Å². The molecule has 0 saturated heterocycles. The van der Waals surface area contributed by atoms with Crippen LogP contribution in [0.4, 0.5) is 15.2 Å². The first-order valence-corrected chi connectivity index (χ1v) is 15.9. The smallest absolute Gasteiger partial charge is 0.272 e. The first-order chi connectivity index (χ1) is 22.3. The van der Waals surface area contributed by atoms with Gasteiger partial charge >= 0.3 is 0 Å². The third-order valence-electron chi connectivity index (χ3n) is 6.62. The molecule has 11 heteroatoms. The average molecular weight is 653 g/mol. The first kappa shape index (κ1) is 32.1. The van der Waals surface area contributed by atoms with Crippen molar-refractivity contribution in [3.05, 3.63) is 131 Å². The van der Waals surface area contributed by atoms with Crippen molar-refractivity contribution in [2.24, 2.45) is 0 Å². The molecule has 0 spiro atoms. The summed E-state index contributed by atoms with van der Waals surface area (Å²) >= 11 is 2.64. The largest absolute Gasteiger partial charge is 0.497 e. The number of thiazole rings is 1. The minimum atomic E-state index is -0.503. The van der Waals surface area contributed by atoms with Gasteiger partial charge in [-0.1, -0.05) is 30.3 Å². The van der Waals surface area contributed by atoms with Crippen LogP contribution in [-0.4, -0.2) is 35.1 Å². The van der Waals surface area contributed by atoms with E-state index in [9.17, 15) is 18.8 Å². The van der Waals surface area contributed by atoms with Crippen molar-refractivity contribution < 1.29 is 23.5 Å². The van der Waals surface area contributed by atoms with Crippen LogP contribution in [0.1, 0.15) is 22.8 Å². The molecule has 0 fully saturated rings. The summed E-state index contributed by atoms with van der Waals surface area (Å²) in [6.45, 7) is 1.79. The van der Waals surface area contributed by atoms with E-state index in [0.29, 0.717) is 33.4 Å². The topological polar surface area (TPSA) is 109 Å². The van der Waals surface area contributed by atoms with Crippen molar-refractivity contribution in [3.8, 4) is 17.0 Å². The summed E-state index contributed by atoms with van der Waals surface area (Å²) in [6.07, 6.45) is 1.59. The number of hydrogen-bond acceptors (Lipinski definition) is 7. The van der Waals surface area contributed by atoms with E-state index in [0.717, 1.165) is 10.5 Å². The molecule has 1 aromatic heterocycles. The number of carbonyl (C=O) groups is 3. The van der Waals surface area contributed by atoms with E-state index >= 15 is 0 Å². The van der Waals surface area contributed by atoms with Crippen LogP contribution < -0.4 is 20.7 Å². The van der Waals surface area contributed by atoms with Crippen LogP contribution in [-0.2, 0) is 9.59 Å². The van der Waals surface area contributed by atoms with Gasteiger partial charge in [0.05, 0.1) is 18.1 Å². The van der Waals surface area contributed by atoms with Crippen LogP contribution in [0.25, 0.3) is 17.3 Å². The maximum absolute atomic E-state index is 13.3. The normalized spacial score (nSPS) is 11.8. The number of aromatic nitrogens is 1. The van der Waals surface area contributed by atoms with E-state index in [4.69, 9.17) is 4.74 Å². The van der Waals surface area contributed by atoms with Gasteiger partial charge in [0.2, 0.25) is 5.91 Å².